The van der Waals surface area contributed by atoms with Gasteiger partial charge in [-0.3, -0.25) is 9.69 Å². The highest BCUT2D eigenvalue weighted by atomic mass is 16.3. The van der Waals surface area contributed by atoms with E-state index in [-0.39, 0.29) is 18.0 Å². The van der Waals surface area contributed by atoms with Crippen LogP contribution in [-0.2, 0) is 4.79 Å². The third-order valence-corrected chi connectivity index (χ3v) is 4.36. The average Bonchev–Trinajstić information content (AvgIpc) is 2.37. The number of nitrogens with one attached hydrogen (secondary N) is 2. The lowest BCUT2D eigenvalue weighted by molar-refractivity contribution is -0.133. The molecule has 0 spiro atoms. The van der Waals surface area contributed by atoms with E-state index in [2.05, 4.69) is 15.5 Å². The van der Waals surface area contributed by atoms with Crippen molar-refractivity contribution in [2.24, 2.45) is 0 Å². The van der Waals surface area contributed by atoms with E-state index in [1.54, 1.807) is 7.05 Å². The Hall–Kier alpha value is -0.650. The van der Waals surface area contributed by atoms with Crippen LogP contribution in [0.25, 0.3) is 0 Å². The van der Waals surface area contributed by atoms with Gasteiger partial charge in [0.25, 0.3) is 0 Å². The summed E-state index contributed by atoms with van der Waals surface area (Å²) < 4.78 is 0. The third-order valence-electron chi connectivity index (χ3n) is 4.36. The van der Waals surface area contributed by atoms with Gasteiger partial charge in [0.05, 0.1) is 17.7 Å². The quantitative estimate of drug-likeness (QED) is 0.634. The maximum absolute atomic E-state index is 12.0. The molecule has 0 aliphatic carbocycles. The van der Waals surface area contributed by atoms with Crippen LogP contribution in [0.5, 0.6) is 0 Å². The molecule has 2 aliphatic rings. The van der Waals surface area contributed by atoms with Crippen molar-refractivity contribution in [3.8, 4) is 0 Å². The monoisotopic (exact) mass is 255 g/mol. The molecule has 0 bridgehead atoms. The summed E-state index contributed by atoms with van der Waals surface area (Å²) >= 11 is 0. The summed E-state index contributed by atoms with van der Waals surface area (Å²) in [6.45, 7) is 4.41. The number of piperidine rings is 2. The zero-order valence-corrected chi connectivity index (χ0v) is 11.4. The standard InChI is InChI=1S/C13H25N3O2/c1-13(18)6-7-15-9-11(13)16-8-4-3-5-10(16)12(17)14-2/h10-11,15,18H,3-9H2,1-2H3,(H,14,17). The van der Waals surface area contributed by atoms with E-state index in [9.17, 15) is 9.90 Å². The van der Waals surface area contributed by atoms with Gasteiger partial charge >= 0.3 is 0 Å². The fourth-order valence-electron chi connectivity index (χ4n) is 3.22. The van der Waals surface area contributed by atoms with Gasteiger partial charge in [-0.2, -0.15) is 0 Å². The molecule has 2 fully saturated rings. The molecule has 0 saturated carbocycles. The molecule has 2 rings (SSSR count). The van der Waals surface area contributed by atoms with Crippen LogP contribution < -0.4 is 10.6 Å². The van der Waals surface area contributed by atoms with Gasteiger partial charge in [0, 0.05) is 13.6 Å². The number of hydrogen-bond acceptors (Lipinski definition) is 4. The van der Waals surface area contributed by atoms with Crippen LogP contribution in [0.15, 0.2) is 0 Å². The Morgan fingerprint density at radius 2 is 2.28 bits per heavy atom. The van der Waals surface area contributed by atoms with E-state index in [1.807, 2.05) is 6.92 Å². The first-order valence-electron chi connectivity index (χ1n) is 6.96. The highest BCUT2D eigenvalue weighted by molar-refractivity contribution is 5.81. The number of hydrogen-bond donors (Lipinski definition) is 3. The van der Waals surface area contributed by atoms with Gasteiger partial charge in [0.2, 0.25) is 5.91 Å². The molecule has 5 heteroatoms. The van der Waals surface area contributed by atoms with Gasteiger partial charge in [-0.1, -0.05) is 6.42 Å². The van der Waals surface area contributed by atoms with E-state index in [0.29, 0.717) is 0 Å². The van der Waals surface area contributed by atoms with Gasteiger partial charge in [-0.25, -0.2) is 0 Å². The van der Waals surface area contributed by atoms with E-state index in [4.69, 9.17) is 0 Å². The van der Waals surface area contributed by atoms with Gasteiger partial charge < -0.3 is 15.7 Å². The molecule has 5 nitrogen and oxygen atoms in total. The Kier molecular flexibility index (Phi) is 4.25. The van der Waals surface area contributed by atoms with Gasteiger partial charge in [-0.15, -0.1) is 0 Å². The number of aliphatic hydroxyl groups is 1. The van der Waals surface area contributed by atoms with Gasteiger partial charge in [0.1, 0.15) is 0 Å². The molecule has 18 heavy (non-hydrogen) atoms. The maximum atomic E-state index is 12.0. The minimum atomic E-state index is -0.700. The van der Waals surface area contributed by atoms with Crippen molar-refractivity contribution in [2.45, 2.75) is 50.3 Å². The average molecular weight is 255 g/mol. The molecule has 0 radical (unpaired) electrons. The second-order valence-electron chi connectivity index (χ2n) is 5.69. The Labute approximate surface area is 109 Å². The summed E-state index contributed by atoms with van der Waals surface area (Å²) in [6.07, 6.45) is 3.85. The first-order valence-corrected chi connectivity index (χ1v) is 6.96. The molecule has 0 aromatic rings. The summed E-state index contributed by atoms with van der Waals surface area (Å²) in [5.41, 5.74) is -0.700. The van der Waals surface area contributed by atoms with Crippen LogP contribution >= 0.6 is 0 Å². The Bertz CT molecular complexity index is 307. The number of nitrogens with zero attached hydrogens (tertiary/aromatic N) is 1. The van der Waals surface area contributed by atoms with Gasteiger partial charge in [0.15, 0.2) is 0 Å². The first-order chi connectivity index (χ1) is 8.56. The van der Waals surface area contributed by atoms with E-state index >= 15 is 0 Å². The lowest BCUT2D eigenvalue weighted by Gasteiger charge is -2.48. The van der Waals surface area contributed by atoms with Crippen LogP contribution in [0, 0.1) is 0 Å². The second kappa shape index (κ2) is 5.55. The largest absolute Gasteiger partial charge is 0.388 e. The highest BCUT2D eigenvalue weighted by Crippen LogP contribution is 2.28. The van der Waals surface area contributed by atoms with Crippen LogP contribution in [0.1, 0.15) is 32.6 Å². The molecule has 0 aromatic carbocycles. The molecule has 3 atom stereocenters. The summed E-state index contributed by atoms with van der Waals surface area (Å²) in [5.74, 6) is 0.0797. The second-order valence-corrected chi connectivity index (χ2v) is 5.69. The molecule has 104 valence electrons. The molecular formula is C13H25N3O2. The van der Waals surface area contributed by atoms with E-state index < -0.39 is 5.60 Å². The number of carbonyl (C=O) groups is 1. The SMILES string of the molecule is CNC(=O)C1CCCCN1C1CNCCC1(C)O. The van der Waals surface area contributed by atoms with Crippen molar-refractivity contribution < 1.29 is 9.90 Å². The predicted octanol–water partition coefficient (Wildman–Crippen LogP) is -0.300. The lowest BCUT2D eigenvalue weighted by Crippen LogP contribution is -2.65. The van der Waals surface area contributed by atoms with Crippen LogP contribution in [0.4, 0.5) is 0 Å². The fraction of sp³-hybridized carbons (Fsp3) is 0.923. The zero-order valence-electron chi connectivity index (χ0n) is 11.4. The summed E-state index contributed by atoms with van der Waals surface area (Å²) in [6, 6.07) is -0.0472. The molecule has 0 aromatic heterocycles. The van der Waals surface area contributed by atoms with E-state index in [1.165, 1.54) is 0 Å². The van der Waals surface area contributed by atoms with Crippen molar-refractivity contribution in [3.63, 3.8) is 0 Å². The molecule has 3 N–H and O–H groups in total. The van der Waals surface area contributed by atoms with Crippen LogP contribution in [0.2, 0.25) is 0 Å². The number of likely N-dealkylation sites (tertiary alicyclic amines) is 1. The van der Waals surface area contributed by atoms with Crippen LogP contribution in [-0.4, -0.2) is 60.3 Å². The Morgan fingerprint density at radius 1 is 1.50 bits per heavy atom. The van der Waals surface area contributed by atoms with Crippen molar-refractivity contribution in [3.05, 3.63) is 0 Å². The van der Waals surface area contributed by atoms with Crippen molar-refractivity contribution in [1.82, 2.24) is 15.5 Å². The molecule has 2 heterocycles. The topological polar surface area (TPSA) is 64.6 Å². The zero-order chi connectivity index (χ0) is 13.2. The third kappa shape index (κ3) is 2.68. The smallest absolute Gasteiger partial charge is 0.237 e. The molecule has 2 saturated heterocycles. The summed E-state index contributed by atoms with van der Waals surface area (Å²) in [7, 11) is 1.69. The number of likely N-dealkylation sites (N-methyl/N-ethyl adjacent to an activating group) is 1. The minimum Gasteiger partial charge on any atom is -0.388 e. The van der Waals surface area contributed by atoms with Crippen molar-refractivity contribution >= 4 is 5.91 Å². The van der Waals surface area contributed by atoms with Crippen molar-refractivity contribution in [1.29, 1.82) is 0 Å². The summed E-state index contributed by atoms with van der Waals surface area (Å²) in [5, 5.41) is 16.6. The number of carbonyl (C=O) groups excluding carboxylic acids is 1. The predicted molar refractivity (Wildman–Crippen MR) is 70.3 cm³/mol. The minimum absolute atomic E-state index is 0.0360. The molecule has 3 unspecified atom stereocenters. The Morgan fingerprint density at radius 3 is 2.94 bits per heavy atom. The fourth-order valence-corrected chi connectivity index (χ4v) is 3.22. The lowest BCUT2D eigenvalue weighted by atomic mass is 9.85. The normalized spacial score (nSPS) is 38.4. The first kappa shape index (κ1) is 13.8. The maximum Gasteiger partial charge on any atom is 0.237 e. The van der Waals surface area contributed by atoms with Crippen molar-refractivity contribution in [2.75, 3.05) is 26.7 Å². The number of amides is 1. The Balaban J connectivity index is 2.14. The number of rotatable bonds is 2. The van der Waals surface area contributed by atoms with Gasteiger partial charge in [-0.05, 0) is 39.3 Å². The molecule has 2 aliphatic heterocycles. The van der Waals surface area contributed by atoms with Crippen LogP contribution in [0.3, 0.4) is 0 Å². The summed E-state index contributed by atoms with van der Waals surface area (Å²) in [4.78, 5) is 14.2. The highest BCUT2D eigenvalue weighted by Gasteiger charge is 2.43. The molecular weight excluding hydrogens is 230 g/mol. The molecule has 1 amide bonds. The van der Waals surface area contributed by atoms with E-state index in [0.717, 1.165) is 45.3 Å².